The number of hydrogen-bond acceptors (Lipinski definition) is 7. The van der Waals surface area contributed by atoms with Gasteiger partial charge in [0.1, 0.15) is 23.8 Å². The van der Waals surface area contributed by atoms with E-state index in [-0.39, 0.29) is 24.4 Å². The van der Waals surface area contributed by atoms with Gasteiger partial charge in [0.2, 0.25) is 0 Å². The third-order valence-corrected chi connectivity index (χ3v) is 4.92. The van der Waals surface area contributed by atoms with E-state index < -0.39 is 23.8 Å². The summed E-state index contributed by atoms with van der Waals surface area (Å²) in [5.41, 5.74) is -2.51. The number of aliphatic hydroxyl groups is 1. The number of alkyl halides is 4. The molecule has 2 N–H and O–H groups in total. The molecule has 3 heterocycles. The van der Waals surface area contributed by atoms with Crippen LogP contribution in [-0.2, 0) is 0 Å². The van der Waals surface area contributed by atoms with Crippen molar-refractivity contribution in [1.29, 1.82) is 0 Å². The number of aromatic nitrogens is 3. The molecule has 2 aromatic heterocycles. The Hall–Kier alpha value is -3.44. The van der Waals surface area contributed by atoms with Gasteiger partial charge in [0.25, 0.3) is 5.91 Å². The number of halogens is 4. The topological polar surface area (TPSA) is 100 Å². The molecule has 0 bridgehead atoms. The van der Waals surface area contributed by atoms with E-state index in [4.69, 9.17) is 11.6 Å². The van der Waals surface area contributed by atoms with Gasteiger partial charge in [0, 0.05) is 41.8 Å². The molecule has 0 saturated carbocycles. The standard InChI is InChI=1S/C21H17ClF3N5O3/c22-21(24,25)33-14-5-3-13(4-6-14)28-20(32)12-8-15(17-2-1-7-27-29-17)19(26-9-12)30-10-16(23)18(31)11-30/h1-9,16,18,31H,10-11H2,(H,28,32). The minimum absolute atomic E-state index is 0.0444. The maximum Gasteiger partial charge on any atom is 0.487 e. The van der Waals surface area contributed by atoms with Crippen LogP contribution in [0.25, 0.3) is 11.3 Å². The van der Waals surface area contributed by atoms with Crippen LogP contribution in [0.5, 0.6) is 5.75 Å². The molecule has 2 unspecified atom stereocenters. The van der Waals surface area contributed by atoms with Crippen molar-refractivity contribution < 1.29 is 27.8 Å². The van der Waals surface area contributed by atoms with E-state index in [0.717, 1.165) is 0 Å². The Morgan fingerprint density at radius 3 is 2.61 bits per heavy atom. The van der Waals surface area contributed by atoms with Gasteiger partial charge in [-0.05, 0) is 42.5 Å². The van der Waals surface area contributed by atoms with E-state index in [1.807, 2.05) is 0 Å². The van der Waals surface area contributed by atoms with Crippen molar-refractivity contribution in [2.75, 3.05) is 23.3 Å². The summed E-state index contributed by atoms with van der Waals surface area (Å²) < 4.78 is 43.6. The Labute approximate surface area is 191 Å². The number of aliphatic hydroxyl groups excluding tert-OH is 1. The van der Waals surface area contributed by atoms with Gasteiger partial charge in [-0.15, -0.1) is 8.78 Å². The number of benzene rings is 1. The first-order chi connectivity index (χ1) is 15.7. The van der Waals surface area contributed by atoms with Crippen molar-refractivity contribution in [3.63, 3.8) is 0 Å². The summed E-state index contributed by atoms with van der Waals surface area (Å²) in [6, 6.07) is 10.0. The second kappa shape index (κ2) is 9.20. The molecule has 0 radical (unpaired) electrons. The van der Waals surface area contributed by atoms with Gasteiger partial charge in [0.15, 0.2) is 0 Å². The fourth-order valence-electron chi connectivity index (χ4n) is 3.33. The van der Waals surface area contributed by atoms with Crippen LogP contribution in [0.4, 0.5) is 24.7 Å². The zero-order chi connectivity index (χ0) is 23.6. The van der Waals surface area contributed by atoms with Crippen LogP contribution in [0.2, 0.25) is 0 Å². The van der Waals surface area contributed by atoms with Crippen molar-refractivity contribution in [1.82, 2.24) is 15.2 Å². The molecular weight excluding hydrogens is 463 g/mol. The molecule has 172 valence electrons. The number of ether oxygens (including phenoxy) is 1. The predicted molar refractivity (Wildman–Crippen MR) is 114 cm³/mol. The Balaban J connectivity index is 1.58. The van der Waals surface area contributed by atoms with Crippen molar-refractivity contribution in [2.24, 2.45) is 0 Å². The lowest BCUT2D eigenvalue weighted by molar-refractivity contribution is -0.0964. The molecule has 1 aliphatic rings. The van der Waals surface area contributed by atoms with E-state index >= 15 is 0 Å². The molecule has 0 aliphatic carbocycles. The van der Waals surface area contributed by atoms with Crippen molar-refractivity contribution >= 4 is 29.0 Å². The summed E-state index contributed by atoms with van der Waals surface area (Å²) in [6.07, 6.45) is 0.233. The van der Waals surface area contributed by atoms with Gasteiger partial charge in [-0.1, -0.05) is 0 Å². The fourth-order valence-corrected chi connectivity index (χ4v) is 3.42. The Morgan fingerprint density at radius 2 is 2.00 bits per heavy atom. The van der Waals surface area contributed by atoms with Crippen LogP contribution in [-0.4, -0.2) is 57.1 Å². The molecular formula is C21H17ClF3N5O3. The third kappa shape index (κ3) is 5.49. The highest BCUT2D eigenvalue weighted by molar-refractivity contribution is 6.20. The number of nitrogens with zero attached hydrogens (tertiary/aromatic N) is 4. The van der Waals surface area contributed by atoms with Crippen LogP contribution < -0.4 is 15.0 Å². The largest absolute Gasteiger partial charge is 0.487 e. The maximum atomic E-state index is 13.9. The van der Waals surface area contributed by atoms with Crippen LogP contribution in [0.3, 0.4) is 0 Å². The van der Waals surface area contributed by atoms with Crippen LogP contribution >= 0.6 is 11.6 Å². The predicted octanol–water partition coefficient (Wildman–Crippen LogP) is 3.48. The zero-order valence-corrected chi connectivity index (χ0v) is 17.6. The zero-order valence-electron chi connectivity index (χ0n) is 16.8. The number of β-amino-alcohol motifs (C(OH)–C–C–N with tert-alkyl or cyclic N) is 1. The van der Waals surface area contributed by atoms with E-state index in [2.05, 4.69) is 25.2 Å². The van der Waals surface area contributed by atoms with Crippen LogP contribution in [0.15, 0.2) is 54.9 Å². The number of rotatable bonds is 6. The van der Waals surface area contributed by atoms with Gasteiger partial charge in [-0.2, -0.15) is 10.2 Å². The molecule has 3 aromatic rings. The summed E-state index contributed by atoms with van der Waals surface area (Å²) in [4.78, 5) is 18.7. The first-order valence-corrected chi connectivity index (χ1v) is 10.1. The third-order valence-electron chi connectivity index (χ3n) is 4.84. The minimum atomic E-state index is -3.84. The molecule has 8 nitrogen and oxygen atoms in total. The number of pyridine rings is 1. The molecule has 33 heavy (non-hydrogen) atoms. The Kier molecular flexibility index (Phi) is 6.34. The lowest BCUT2D eigenvalue weighted by Gasteiger charge is -2.20. The molecule has 2 atom stereocenters. The molecule has 1 aliphatic heterocycles. The van der Waals surface area contributed by atoms with Crippen LogP contribution in [0, 0.1) is 0 Å². The summed E-state index contributed by atoms with van der Waals surface area (Å²) in [5, 5.41) is 20.3. The first kappa shape index (κ1) is 22.7. The van der Waals surface area contributed by atoms with Crippen molar-refractivity contribution in [3.05, 3.63) is 60.4 Å². The van der Waals surface area contributed by atoms with Gasteiger partial charge in [0.05, 0.1) is 17.8 Å². The number of anilines is 2. The molecule has 1 amide bonds. The quantitative estimate of drug-likeness (QED) is 0.522. The molecule has 1 aromatic carbocycles. The number of hydrogen-bond donors (Lipinski definition) is 2. The maximum absolute atomic E-state index is 13.9. The Morgan fingerprint density at radius 1 is 1.24 bits per heavy atom. The van der Waals surface area contributed by atoms with E-state index in [0.29, 0.717) is 22.8 Å². The smallest absolute Gasteiger partial charge is 0.420 e. The molecule has 0 spiro atoms. The van der Waals surface area contributed by atoms with Crippen LogP contribution in [0.1, 0.15) is 10.4 Å². The second-order valence-corrected chi connectivity index (χ2v) is 7.66. The lowest BCUT2D eigenvalue weighted by atomic mass is 10.1. The van der Waals surface area contributed by atoms with Gasteiger partial charge >= 0.3 is 5.57 Å². The number of carbonyl (C=O) groups is 1. The summed E-state index contributed by atoms with van der Waals surface area (Å²) >= 11 is 4.73. The van der Waals surface area contributed by atoms with Crippen molar-refractivity contribution in [2.45, 2.75) is 17.8 Å². The molecule has 12 heteroatoms. The summed E-state index contributed by atoms with van der Waals surface area (Å²) in [5.74, 6) is -0.349. The Bertz CT molecular complexity index is 1120. The highest BCUT2D eigenvalue weighted by atomic mass is 35.5. The number of amides is 1. The number of nitrogens with one attached hydrogen (secondary N) is 1. The van der Waals surface area contributed by atoms with Crippen molar-refractivity contribution in [3.8, 4) is 17.0 Å². The SMILES string of the molecule is O=C(Nc1ccc(OC(F)(F)Cl)cc1)c1cnc(N2CC(O)C(F)C2)c(-c2cccnn2)c1. The first-order valence-electron chi connectivity index (χ1n) is 9.72. The van der Waals surface area contributed by atoms with E-state index in [9.17, 15) is 23.1 Å². The average Bonchev–Trinajstić information content (AvgIpc) is 3.12. The van der Waals surface area contributed by atoms with E-state index in [1.165, 1.54) is 42.7 Å². The fraction of sp³-hybridized carbons (Fsp3) is 0.238. The monoisotopic (exact) mass is 479 g/mol. The highest BCUT2D eigenvalue weighted by Crippen LogP contribution is 2.32. The molecule has 1 fully saturated rings. The summed E-state index contributed by atoms with van der Waals surface area (Å²) in [7, 11) is 0. The lowest BCUT2D eigenvalue weighted by Crippen LogP contribution is -2.23. The molecule has 4 rings (SSSR count). The normalized spacial score (nSPS) is 18.3. The van der Waals surface area contributed by atoms with E-state index in [1.54, 1.807) is 17.0 Å². The highest BCUT2D eigenvalue weighted by Gasteiger charge is 2.33. The minimum Gasteiger partial charge on any atom is -0.420 e. The number of carbonyl (C=O) groups excluding carboxylic acids is 1. The van der Waals surface area contributed by atoms with Gasteiger partial charge in [-0.3, -0.25) is 4.79 Å². The molecule has 1 saturated heterocycles. The average molecular weight is 480 g/mol. The second-order valence-electron chi connectivity index (χ2n) is 7.22. The van der Waals surface area contributed by atoms with Gasteiger partial charge in [-0.25, -0.2) is 9.37 Å². The summed E-state index contributed by atoms with van der Waals surface area (Å²) in [6.45, 7) is -0.00845. The van der Waals surface area contributed by atoms with Gasteiger partial charge < -0.3 is 20.1 Å².